The smallest absolute Gasteiger partial charge is 0.308 e. The summed E-state index contributed by atoms with van der Waals surface area (Å²) in [5.41, 5.74) is 7.98. The van der Waals surface area contributed by atoms with Crippen LogP contribution in [0.2, 0.25) is 0 Å². The molecule has 4 unspecified atom stereocenters. The van der Waals surface area contributed by atoms with Crippen molar-refractivity contribution < 1.29 is 19.4 Å². The average molecular weight is 474 g/mol. The lowest BCUT2D eigenvalue weighted by Gasteiger charge is -2.31. The molecule has 1 aromatic carbocycles. The molecule has 0 radical (unpaired) electrons. The standard InChI is InChI=1S/C27H43N3O4/c1-4-6-12-29(13-11-28)25(31)18-30-17-22(20-8-9-24-21(16-20)10-14-34-24)26(27(32)33)23(30)15-19(3)7-5-2/h8-9,16,19,22-23,26H,4-7,10-15,17-18,28H2,1-3H3,(H,32,33). The second-order valence-electron chi connectivity index (χ2n) is 10.1. The first-order valence-electron chi connectivity index (χ1n) is 13.1. The van der Waals surface area contributed by atoms with Crippen LogP contribution in [0.15, 0.2) is 18.2 Å². The van der Waals surface area contributed by atoms with E-state index in [0.717, 1.165) is 55.4 Å². The zero-order chi connectivity index (χ0) is 24.7. The highest BCUT2D eigenvalue weighted by molar-refractivity contribution is 5.79. The molecule has 2 aliphatic heterocycles. The molecule has 0 aromatic heterocycles. The van der Waals surface area contributed by atoms with Gasteiger partial charge in [-0.1, -0.05) is 52.2 Å². The summed E-state index contributed by atoms with van der Waals surface area (Å²) in [4.78, 5) is 29.9. The third kappa shape index (κ3) is 6.30. The number of rotatable bonds is 13. The van der Waals surface area contributed by atoms with Gasteiger partial charge < -0.3 is 20.5 Å². The second kappa shape index (κ2) is 12.5. The monoisotopic (exact) mass is 473 g/mol. The van der Waals surface area contributed by atoms with Crippen LogP contribution in [0.4, 0.5) is 0 Å². The van der Waals surface area contributed by atoms with E-state index in [-0.39, 0.29) is 24.4 Å². The predicted molar refractivity (Wildman–Crippen MR) is 134 cm³/mol. The Morgan fingerprint density at radius 1 is 1.26 bits per heavy atom. The number of carbonyl (C=O) groups is 2. The quantitative estimate of drug-likeness (QED) is 0.455. The number of hydrogen-bond acceptors (Lipinski definition) is 5. The third-order valence-corrected chi connectivity index (χ3v) is 7.47. The first-order chi connectivity index (χ1) is 16.4. The van der Waals surface area contributed by atoms with Crippen molar-refractivity contribution >= 4 is 11.9 Å². The molecule has 1 amide bonds. The van der Waals surface area contributed by atoms with Gasteiger partial charge in [-0.2, -0.15) is 0 Å². The van der Waals surface area contributed by atoms with E-state index in [1.54, 1.807) is 0 Å². The molecular formula is C27H43N3O4. The number of nitrogens with zero attached hydrogens (tertiary/aromatic N) is 2. The maximum absolute atomic E-state index is 13.3. The molecule has 3 N–H and O–H groups in total. The number of unbranched alkanes of at least 4 members (excludes halogenated alkanes) is 1. The zero-order valence-corrected chi connectivity index (χ0v) is 21.2. The lowest BCUT2D eigenvalue weighted by atomic mass is 9.81. The minimum Gasteiger partial charge on any atom is -0.493 e. The first kappa shape index (κ1) is 26.5. The lowest BCUT2D eigenvalue weighted by Crippen LogP contribution is -2.46. The molecule has 0 spiro atoms. The van der Waals surface area contributed by atoms with Crippen molar-refractivity contribution in [2.45, 2.75) is 71.3 Å². The van der Waals surface area contributed by atoms with Crippen molar-refractivity contribution in [1.29, 1.82) is 0 Å². The van der Waals surface area contributed by atoms with Crippen LogP contribution in [0.5, 0.6) is 5.75 Å². The van der Waals surface area contributed by atoms with Gasteiger partial charge in [0, 0.05) is 44.6 Å². The fourth-order valence-electron chi connectivity index (χ4n) is 5.72. The Bertz CT molecular complexity index is 830. The largest absolute Gasteiger partial charge is 0.493 e. The van der Waals surface area contributed by atoms with Crippen molar-refractivity contribution in [1.82, 2.24) is 9.80 Å². The number of ether oxygens (including phenoxy) is 1. The Labute approximate surface area is 204 Å². The Morgan fingerprint density at radius 2 is 2.06 bits per heavy atom. The van der Waals surface area contributed by atoms with Crippen LogP contribution in [-0.2, 0) is 16.0 Å². The van der Waals surface area contributed by atoms with Gasteiger partial charge in [0.15, 0.2) is 0 Å². The van der Waals surface area contributed by atoms with E-state index in [1.807, 2.05) is 17.0 Å². The maximum atomic E-state index is 13.3. The molecule has 1 aromatic rings. The SMILES string of the molecule is CCCCN(CCN)C(=O)CN1CC(c2ccc3c(c2)CCO3)C(C(=O)O)C1CC(C)CCC. The predicted octanol–water partition coefficient (Wildman–Crippen LogP) is 3.50. The number of fused-ring (bicyclic) bond motifs is 1. The fourth-order valence-corrected chi connectivity index (χ4v) is 5.72. The van der Waals surface area contributed by atoms with Gasteiger partial charge in [-0.25, -0.2) is 0 Å². The Balaban J connectivity index is 1.87. The molecule has 7 nitrogen and oxygen atoms in total. The molecule has 0 aliphatic carbocycles. The number of aliphatic carboxylic acids is 1. The van der Waals surface area contributed by atoms with Gasteiger partial charge in [0.25, 0.3) is 0 Å². The van der Waals surface area contributed by atoms with Gasteiger partial charge in [-0.3, -0.25) is 14.5 Å². The van der Waals surface area contributed by atoms with E-state index >= 15 is 0 Å². The minimum atomic E-state index is -0.768. The van der Waals surface area contributed by atoms with Crippen molar-refractivity contribution in [3.63, 3.8) is 0 Å². The average Bonchev–Trinajstić information content (AvgIpc) is 3.41. The summed E-state index contributed by atoms with van der Waals surface area (Å²) in [6, 6.07) is 5.96. The van der Waals surface area contributed by atoms with Crippen molar-refractivity contribution in [3.05, 3.63) is 29.3 Å². The Kier molecular flexibility index (Phi) is 9.77. The van der Waals surface area contributed by atoms with Crippen LogP contribution in [0, 0.1) is 11.8 Å². The molecular weight excluding hydrogens is 430 g/mol. The van der Waals surface area contributed by atoms with E-state index in [1.165, 1.54) is 0 Å². The van der Waals surface area contributed by atoms with Crippen molar-refractivity contribution in [3.8, 4) is 5.75 Å². The molecule has 1 fully saturated rings. The zero-order valence-electron chi connectivity index (χ0n) is 21.2. The summed E-state index contributed by atoms with van der Waals surface area (Å²) >= 11 is 0. The summed E-state index contributed by atoms with van der Waals surface area (Å²) in [5, 5.41) is 10.3. The van der Waals surface area contributed by atoms with Crippen molar-refractivity contribution in [2.75, 3.05) is 39.3 Å². The maximum Gasteiger partial charge on any atom is 0.308 e. The summed E-state index contributed by atoms with van der Waals surface area (Å²) in [7, 11) is 0. The fraction of sp³-hybridized carbons (Fsp3) is 0.704. The van der Waals surface area contributed by atoms with Crippen LogP contribution >= 0.6 is 0 Å². The van der Waals surface area contributed by atoms with Crippen LogP contribution < -0.4 is 10.5 Å². The summed E-state index contributed by atoms with van der Waals surface area (Å²) in [5.74, 6) is -0.0851. The van der Waals surface area contributed by atoms with Crippen LogP contribution in [0.25, 0.3) is 0 Å². The number of amides is 1. The topological polar surface area (TPSA) is 96.1 Å². The molecule has 0 bridgehead atoms. The molecule has 3 rings (SSSR count). The number of hydrogen-bond donors (Lipinski definition) is 2. The molecule has 190 valence electrons. The summed E-state index contributed by atoms with van der Waals surface area (Å²) in [6.45, 7) is 9.66. The van der Waals surface area contributed by atoms with Gasteiger partial charge in [0.1, 0.15) is 5.75 Å². The van der Waals surface area contributed by atoms with Crippen LogP contribution in [0.3, 0.4) is 0 Å². The third-order valence-electron chi connectivity index (χ3n) is 7.47. The molecule has 0 saturated carbocycles. The van der Waals surface area contributed by atoms with Crippen LogP contribution in [-0.4, -0.2) is 72.2 Å². The van der Waals surface area contributed by atoms with E-state index < -0.39 is 11.9 Å². The number of carboxylic acids is 1. The number of carbonyl (C=O) groups excluding carboxylic acids is 1. The number of nitrogens with two attached hydrogens (primary N) is 1. The highest BCUT2D eigenvalue weighted by atomic mass is 16.5. The van der Waals surface area contributed by atoms with Gasteiger partial charge in [-0.05, 0) is 36.0 Å². The molecule has 34 heavy (non-hydrogen) atoms. The van der Waals surface area contributed by atoms with Crippen LogP contribution in [0.1, 0.15) is 69.9 Å². The number of likely N-dealkylation sites (tertiary alicyclic amines) is 1. The van der Waals surface area contributed by atoms with E-state index in [2.05, 4.69) is 31.7 Å². The summed E-state index contributed by atoms with van der Waals surface area (Å²) in [6.07, 6.45) is 5.73. The van der Waals surface area contributed by atoms with E-state index in [4.69, 9.17) is 10.5 Å². The highest BCUT2D eigenvalue weighted by Crippen LogP contribution is 2.42. The summed E-state index contributed by atoms with van der Waals surface area (Å²) < 4.78 is 5.66. The molecule has 2 aliphatic rings. The second-order valence-corrected chi connectivity index (χ2v) is 10.1. The van der Waals surface area contributed by atoms with E-state index in [9.17, 15) is 14.7 Å². The Hall–Kier alpha value is -2.12. The Morgan fingerprint density at radius 3 is 2.74 bits per heavy atom. The molecule has 2 heterocycles. The first-order valence-corrected chi connectivity index (χ1v) is 13.1. The molecule has 1 saturated heterocycles. The highest BCUT2D eigenvalue weighted by Gasteiger charge is 2.47. The number of benzene rings is 1. The van der Waals surface area contributed by atoms with Crippen molar-refractivity contribution in [2.24, 2.45) is 17.6 Å². The number of carboxylic acid groups (broad SMARTS) is 1. The van der Waals surface area contributed by atoms with Gasteiger partial charge >= 0.3 is 5.97 Å². The van der Waals surface area contributed by atoms with Gasteiger partial charge in [0.05, 0.1) is 19.1 Å². The minimum absolute atomic E-state index is 0.0548. The van der Waals surface area contributed by atoms with Gasteiger partial charge in [-0.15, -0.1) is 0 Å². The lowest BCUT2D eigenvalue weighted by molar-refractivity contribution is -0.144. The molecule has 4 atom stereocenters. The normalized spacial score (nSPS) is 22.9. The molecule has 7 heteroatoms. The van der Waals surface area contributed by atoms with Gasteiger partial charge in [0.2, 0.25) is 5.91 Å². The van der Waals surface area contributed by atoms with E-state index in [0.29, 0.717) is 38.7 Å².